The molecular weight excluding hydrogens is 222 g/mol. The standard InChI is InChI=1S/C15H27N3/c1-6-18(12-14-7-9-16-10-8-14)13(2)11-17-15(3,4)5/h7-10,13,17H,6,11-12H2,1-5H3. The topological polar surface area (TPSA) is 28.2 Å². The maximum absolute atomic E-state index is 4.06. The summed E-state index contributed by atoms with van der Waals surface area (Å²) in [7, 11) is 0. The van der Waals surface area contributed by atoms with Crippen molar-refractivity contribution < 1.29 is 0 Å². The van der Waals surface area contributed by atoms with Crippen molar-refractivity contribution in [2.45, 2.75) is 52.7 Å². The van der Waals surface area contributed by atoms with Crippen LogP contribution in [0.4, 0.5) is 0 Å². The molecule has 1 heterocycles. The molecule has 0 saturated carbocycles. The SMILES string of the molecule is CCN(Cc1ccncc1)C(C)CNC(C)(C)C. The minimum absolute atomic E-state index is 0.185. The van der Waals surface area contributed by atoms with Gasteiger partial charge in [-0.25, -0.2) is 0 Å². The second kappa shape index (κ2) is 6.86. The zero-order valence-electron chi connectivity index (χ0n) is 12.4. The number of aromatic nitrogens is 1. The summed E-state index contributed by atoms with van der Waals surface area (Å²) in [6, 6.07) is 4.71. The van der Waals surface area contributed by atoms with Gasteiger partial charge in [-0.05, 0) is 51.9 Å². The number of pyridine rings is 1. The Kier molecular flexibility index (Phi) is 5.76. The van der Waals surface area contributed by atoms with E-state index in [9.17, 15) is 0 Å². The lowest BCUT2D eigenvalue weighted by Crippen LogP contribution is -2.46. The van der Waals surface area contributed by atoms with E-state index in [-0.39, 0.29) is 5.54 Å². The van der Waals surface area contributed by atoms with Crippen LogP contribution in [0.1, 0.15) is 40.2 Å². The van der Waals surface area contributed by atoms with E-state index in [0.29, 0.717) is 6.04 Å². The van der Waals surface area contributed by atoms with Crippen LogP contribution in [0.15, 0.2) is 24.5 Å². The van der Waals surface area contributed by atoms with Crippen molar-refractivity contribution in [1.82, 2.24) is 15.2 Å². The zero-order chi connectivity index (χ0) is 13.6. The Bertz CT molecular complexity index is 329. The normalized spacial score (nSPS) is 13.9. The molecule has 0 saturated heterocycles. The van der Waals surface area contributed by atoms with Gasteiger partial charge in [-0.2, -0.15) is 0 Å². The second-order valence-corrected chi connectivity index (χ2v) is 5.90. The van der Waals surface area contributed by atoms with Crippen LogP contribution in [0, 0.1) is 0 Å². The number of rotatable bonds is 6. The number of likely N-dealkylation sites (N-methyl/N-ethyl adjacent to an activating group) is 1. The summed E-state index contributed by atoms with van der Waals surface area (Å²) in [5.74, 6) is 0. The molecule has 0 aromatic carbocycles. The summed E-state index contributed by atoms with van der Waals surface area (Å²) >= 11 is 0. The maximum Gasteiger partial charge on any atom is 0.0271 e. The Balaban J connectivity index is 2.50. The first kappa shape index (κ1) is 15.1. The predicted octanol–water partition coefficient (Wildman–Crippen LogP) is 2.68. The van der Waals surface area contributed by atoms with Crippen molar-refractivity contribution in [3.8, 4) is 0 Å². The van der Waals surface area contributed by atoms with Gasteiger partial charge in [-0.15, -0.1) is 0 Å². The second-order valence-electron chi connectivity index (χ2n) is 5.90. The highest BCUT2D eigenvalue weighted by molar-refractivity contribution is 5.09. The Morgan fingerprint density at radius 2 is 1.89 bits per heavy atom. The molecule has 0 spiro atoms. The highest BCUT2D eigenvalue weighted by Crippen LogP contribution is 2.08. The van der Waals surface area contributed by atoms with Crippen LogP contribution in [-0.2, 0) is 6.54 Å². The zero-order valence-corrected chi connectivity index (χ0v) is 12.4. The summed E-state index contributed by atoms with van der Waals surface area (Å²) in [4.78, 5) is 6.54. The van der Waals surface area contributed by atoms with Crippen molar-refractivity contribution in [3.63, 3.8) is 0 Å². The molecule has 18 heavy (non-hydrogen) atoms. The van der Waals surface area contributed by atoms with E-state index in [1.54, 1.807) is 0 Å². The van der Waals surface area contributed by atoms with Gasteiger partial charge in [0.05, 0.1) is 0 Å². The Labute approximate surface area is 112 Å². The van der Waals surface area contributed by atoms with Gasteiger partial charge in [-0.1, -0.05) is 6.92 Å². The van der Waals surface area contributed by atoms with Crippen LogP contribution in [0.3, 0.4) is 0 Å². The summed E-state index contributed by atoms with van der Waals surface area (Å²) in [5.41, 5.74) is 1.51. The van der Waals surface area contributed by atoms with Crippen LogP contribution < -0.4 is 5.32 Å². The molecule has 0 amide bonds. The van der Waals surface area contributed by atoms with Crippen molar-refractivity contribution in [2.24, 2.45) is 0 Å². The molecule has 3 heteroatoms. The van der Waals surface area contributed by atoms with Gasteiger partial charge in [0.15, 0.2) is 0 Å². The Hall–Kier alpha value is -0.930. The number of nitrogens with zero attached hydrogens (tertiary/aromatic N) is 2. The third kappa shape index (κ3) is 5.61. The van der Waals surface area contributed by atoms with Crippen LogP contribution in [0.25, 0.3) is 0 Å². The Morgan fingerprint density at radius 3 is 2.39 bits per heavy atom. The van der Waals surface area contributed by atoms with Crippen LogP contribution >= 0.6 is 0 Å². The molecule has 0 aliphatic carbocycles. The summed E-state index contributed by atoms with van der Waals surface area (Å²) in [6.07, 6.45) is 3.72. The van der Waals surface area contributed by atoms with E-state index in [4.69, 9.17) is 0 Å². The van der Waals surface area contributed by atoms with Crippen LogP contribution in [0.2, 0.25) is 0 Å². The van der Waals surface area contributed by atoms with E-state index < -0.39 is 0 Å². The average Bonchev–Trinajstić information content (AvgIpc) is 2.33. The summed E-state index contributed by atoms with van der Waals surface area (Å²) in [6.45, 7) is 14.2. The third-order valence-corrected chi connectivity index (χ3v) is 3.09. The fourth-order valence-corrected chi connectivity index (χ4v) is 1.89. The lowest BCUT2D eigenvalue weighted by Gasteiger charge is -2.31. The molecule has 1 atom stereocenters. The first-order chi connectivity index (χ1) is 8.42. The predicted molar refractivity (Wildman–Crippen MR) is 77.5 cm³/mol. The van der Waals surface area contributed by atoms with E-state index in [1.807, 2.05) is 12.4 Å². The lowest BCUT2D eigenvalue weighted by molar-refractivity contribution is 0.196. The third-order valence-electron chi connectivity index (χ3n) is 3.09. The van der Waals surface area contributed by atoms with E-state index in [0.717, 1.165) is 19.6 Å². The van der Waals surface area contributed by atoms with Crippen LogP contribution in [-0.4, -0.2) is 34.6 Å². The number of hydrogen-bond donors (Lipinski definition) is 1. The molecule has 0 aliphatic rings. The average molecular weight is 249 g/mol. The molecule has 0 bridgehead atoms. The van der Waals surface area contributed by atoms with E-state index in [1.165, 1.54) is 5.56 Å². The van der Waals surface area contributed by atoms with E-state index >= 15 is 0 Å². The molecule has 102 valence electrons. The molecule has 3 nitrogen and oxygen atoms in total. The lowest BCUT2D eigenvalue weighted by atomic mass is 10.1. The van der Waals surface area contributed by atoms with Crippen molar-refractivity contribution >= 4 is 0 Å². The molecule has 1 aromatic rings. The maximum atomic E-state index is 4.06. The first-order valence-corrected chi connectivity index (χ1v) is 6.80. The van der Waals surface area contributed by atoms with Gasteiger partial charge in [-0.3, -0.25) is 9.88 Å². The van der Waals surface area contributed by atoms with Gasteiger partial charge < -0.3 is 5.32 Å². The molecule has 1 unspecified atom stereocenters. The van der Waals surface area contributed by atoms with Crippen molar-refractivity contribution in [2.75, 3.05) is 13.1 Å². The van der Waals surface area contributed by atoms with E-state index in [2.05, 4.69) is 62.0 Å². The summed E-state index contributed by atoms with van der Waals surface area (Å²) in [5, 5.41) is 3.57. The quantitative estimate of drug-likeness (QED) is 0.840. The molecule has 1 N–H and O–H groups in total. The number of hydrogen-bond acceptors (Lipinski definition) is 3. The molecule has 1 rings (SSSR count). The van der Waals surface area contributed by atoms with Gasteiger partial charge in [0.1, 0.15) is 0 Å². The van der Waals surface area contributed by atoms with Crippen LogP contribution in [0.5, 0.6) is 0 Å². The van der Waals surface area contributed by atoms with Gasteiger partial charge in [0, 0.05) is 37.1 Å². The van der Waals surface area contributed by atoms with Crippen molar-refractivity contribution in [3.05, 3.63) is 30.1 Å². The van der Waals surface area contributed by atoms with Gasteiger partial charge >= 0.3 is 0 Å². The first-order valence-electron chi connectivity index (χ1n) is 6.80. The minimum Gasteiger partial charge on any atom is -0.311 e. The molecule has 1 aromatic heterocycles. The fraction of sp³-hybridized carbons (Fsp3) is 0.667. The smallest absolute Gasteiger partial charge is 0.0271 e. The summed E-state index contributed by atoms with van der Waals surface area (Å²) < 4.78 is 0. The monoisotopic (exact) mass is 249 g/mol. The molecule has 0 fully saturated rings. The molecular formula is C15H27N3. The fourth-order valence-electron chi connectivity index (χ4n) is 1.89. The molecule has 0 aliphatic heterocycles. The molecule has 0 radical (unpaired) electrons. The minimum atomic E-state index is 0.185. The van der Waals surface area contributed by atoms with Crippen molar-refractivity contribution in [1.29, 1.82) is 0 Å². The largest absolute Gasteiger partial charge is 0.311 e. The highest BCUT2D eigenvalue weighted by atomic mass is 15.2. The van der Waals surface area contributed by atoms with Gasteiger partial charge in [0.2, 0.25) is 0 Å². The van der Waals surface area contributed by atoms with Gasteiger partial charge in [0.25, 0.3) is 0 Å². The highest BCUT2D eigenvalue weighted by Gasteiger charge is 2.15. The Morgan fingerprint density at radius 1 is 1.28 bits per heavy atom. The number of nitrogens with one attached hydrogen (secondary N) is 1.